The molecule has 1 amide bonds. The van der Waals surface area contributed by atoms with E-state index in [4.69, 9.17) is 0 Å². The first-order valence-corrected chi connectivity index (χ1v) is 8.96. The zero-order chi connectivity index (χ0) is 18.1. The fourth-order valence-electron chi connectivity index (χ4n) is 3.06. The highest BCUT2D eigenvalue weighted by atomic mass is 16.1. The smallest absolute Gasteiger partial charge is 0.251 e. The molecule has 1 aliphatic rings. The molecular weight excluding hydrogens is 326 g/mol. The van der Waals surface area contributed by atoms with Gasteiger partial charge in [0.05, 0.1) is 5.69 Å². The van der Waals surface area contributed by atoms with Gasteiger partial charge in [-0.3, -0.25) is 4.79 Å². The standard InChI is InChI=1S/C20H21N5O/c1-3-19-22-23-24-25(19)18-12-15(14-7-5-4-6-8-14)11-17(13(18)2)20(26)21-16-9-10-16/h4-8,11-12,16H,3,9-10H2,1-2H3,(H,21,26). The number of hydrogen-bond donors (Lipinski definition) is 1. The van der Waals surface area contributed by atoms with Crippen LogP contribution in [0.3, 0.4) is 0 Å². The van der Waals surface area contributed by atoms with Crippen molar-refractivity contribution in [1.29, 1.82) is 0 Å². The molecule has 3 aromatic rings. The normalized spacial score (nSPS) is 13.6. The average molecular weight is 347 g/mol. The molecule has 1 heterocycles. The number of carbonyl (C=O) groups is 1. The Morgan fingerprint density at radius 2 is 1.96 bits per heavy atom. The first-order chi connectivity index (χ1) is 12.7. The highest BCUT2D eigenvalue weighted by Gasteiger charge is 2.26. The van der Waals surface area contributed by atoms with Crippen LogP contribution in [-0.4, -0.2) is 32.2 Å². The number of aromatic nitrogens is 4. The summed E-state index contributed by atoms with van der Waals surface area (Å²) in [6.07, 6.45) is 2.83. The van der Waals surface area contributed by atoms with Crippen LogP contribution < -0.4 is 5.32 Å². The summed E-state index contributed by atoms with van der Waals surface area (Å²) in [5.41, 5.74) is 4.43. The lowest BCUT2D eigenvalue weighted by molar-refractivity contribution is 0.0950. The lowest BCUT2D eigenvalue weighted by atomic mass is 9.97. The third-order valence-electron chi connectivity index (χ3n) is 4.72. The zero-order valence-corrected chi connectivity index (χ0v) is 14.9. The maximum absolute atomic E-state index is 12.8. The molecule has 4 rings (SSSR count). The molecule has 6 nitrogen and oxygen atoms in total. The first kappa shape index (κ1) is 16.4. The Labute approximate surface area is 152 Å². The maximum Gasteiger partial charge on any atom is 0.251 e. The average Bonchev–Trinajstić information content (AvgIpc) is 3.35. The molecule has 0 radical (unpaired) electrons. The van der Waals surface area contributed by atoms with Gasteiger partial charge < -0.3 is 5.32 Å². The highest BCUT2D eigenvalue weighted by Crippen LogP contribution is 2.29. The molecule has 26 heavy (non-hydrogen) atoms. The number of rotatable bonds is 5. The maximum atomic E-state index is 12.8. The monoisotopic (exact) mass is 347 g/mol. The Bertz CT molecular complexity index is 944. The SMILES string of the molecule is CCc1nnnn1-c1cc(-c2ccccc2)cc(C(=O)NC2CC2)c1C. The minimum atomic E-state index is -0.0323. The van der Waals surface area contributed by atoms with Crippen molar-refractivity contribution in [1.82, 2.24) is 25.5 Å². The topological polar surface area (TPSA) is 72.7 Å². The van der Waals surface area contributed by atoms with Crippen LogP contribution in [0.4, 0.5) is 0 Å². The lowest BCUT2D eigenvalue weighted by Gasteiger charge is -2.15. The van der Waals surface area contributed by atoms with Gasteiger partial charge in [-0.2, -0.15) is 4.68 Å². The number of hydrogen-bond acceptors (Lipinski definition) is 4. The Balaban J connectivity index is 1.88. The number of tetrazole rings is 1. The van der Waals surface area contributed by atoms with Crippen LogP contribution in [0.2, 0.25) is 0 Å². The van der Waals surface area contributed by atoms with Gasteiger partial charge in [0.25, 0.3) is 5.91 Å². The second-order valence-electron chi connectivity index (χ2n) is 6.64. The molecule has 6 heteroatoms. The summed E-state index contributed by atoms with van der Waals surface area (Å²) in [5.74, 6) is 0.738. The predicted octanol–water partition coefficient (Wildman–Crippen LogP) is 3.09. The summed E-state index contributed by atoms with van der Waals surface area (Å²) < 4.78 is 1.73. The fraction of sp³-hybridized carbons (Fsp3) is 0.300. The molecule has 0 spiro atoms. The second kappa shape index (κ2) is 6.71. The highest BCUT2D eigenvalue weighted by molar-refractivity contribution is 5.98. The van der Waals surface area contributed by atoms with Gasteiger partial charge in [-0.15, -0.1) is 5.10 Å². The minimum absolute atomic E-state index is 0.0323. The van der Waals surface area contributed by atoms with Gasteiger partial charge in [-0.05, 0) is 59.0 Å². The molecule has 1 aromatic heterocycles. The van der Waals surface area contributed by atoms with E-state index in [2.05, 4.69) is 20.8 Å². The van der Waals surface area contributed by atoms with E-state index in [1.807, 2.05) is 56.3 Å². The van der Waals surface area contributed by atoms with E-state index in [1.54, 1.807) is 4.68 Å². The van der Waals surface area contributed by atoms with Crippen LogP contribution in [0.1, 0.15) is 41.5 Å². The van der Waals surface area contributed by atoms with Crippen molar-refractivity contribution in [2.75, 3.05) is 0 Å². The zero-order valence-electron chi connectivity index (χ0n) is 14.9. The Morgan fingerprint density at radius 3 is 2.65 bits per heavy atom. The van der Waals surface area contributed by atoms with E-state index >= 15 is 0 Å². The van der Waals surface area contributed by atoms with Crippen molar-refractivity contribution in [2.45, 2.75) is 39.2 Å². The van der Waals surface area contributed by atoms with Crippen LogP contribution in [0.25, 0.3) is 16.8 Å². The number of nitrogens with one attached hydrogen (secondary N) is 1. The van der Waals surface area contributed by atoms with Gasteiger partial charge in [-0.1, -0.05) is 37.3 Å². The molecule has 1 fully saturated rings. The predicted molar refractivity (Wildman–Crippen MR) is 99.2 cm³/mol. The van der Waals surface area contributed by atoms with E-state index in [-0.39, 0.29) is 5.91 Å². The molecule has 0 unspecified atom stereocenters. The van der Waals surface area contributed by atoms with Gasteiger partial charge >= 0.3 is 0 Å². The van der Waals surface area contributed by atoms with Crippen molar-refractivity contribution in [3.8, 4) is 16.8 Å². The number of aryl methyl sites for hydroxylation is 1. The molecule has 2 aromatic carbocycles. The van der Waals surface area contributed by atoms with Crippen molar-refractivity contribution < 1.29 is 4.79 Å². The molecule has 1 aliphatic carbocycles. The van der Waals surface area contributed by atoms with Crippen LogP contribution in [0.15, 0.2) is 42.5 Å². The number of nitrogens with zero attached hydrogens (tertiary/aromatic N) is 4. The van der Waals surface area contributed by atoms with E-state index in [1.165, 1.54) is 0 Å². The molecule has 0 bridgehead atoms. The lowest BCUT2D eigenvalue weighted by Crippen LogP contribution is -2.26. The van der Waals surface area contributed by atoms with Gasteiger partial charge in [0.2, 0.25) is 0 Å². The molecule has 1 saturated carbocycles. The summed E-state index contributed by atoms with van der Waals surface area (Å²) in [6, 6.07) is 14.4. The van der Waals surface area contributed by atoms with Crippen molar-refractivity contribution in [2.24, 2.45) is 0 Å². The van der Waals surface area contributed by atoms with E-state index in [0.717, 1.165) is 41.0 Å². The largest absolute Gasteiger partial charge is 0.349 e. The molecule has 0 atom stereocenters. The summed E-state index contributed by atoms with van der Waals surface area (Å²) in [4.78, 5) is 12.8. The molecule has 1 N–H and O–H groups in total. The summed E-state index contributed by atoms with van der Waals surface area (Å²) >= 11 is 0. The van der Waals surface area contributed by atoms with Crippen molar-refractivity contribution in [3.63, 3.8) is 0 Å². The van der Waals surface area contributed by atoms with Crippen LogP contribution in [-0.2, 0) is 6.42 Å². The minimum Gasteiger partial charge on any atom is -0.349 e. The summed E-state index contributed by atoms with van der Waals surface area (Å²) in [5, 5.41) is 15.1. The van der Waals surface area contributed by atoms with Crippen molar-refractivity contribution >= 4 is 5.91 Å². The molecule has 0 aliphatic heterocycles. The van der Waals surface area contributed by atoms with E-state index in [0.29, 0.717) is 18.0 Å². The Kier molecular flexibility index (Phi) is 4.24. The Morgan fingerprint density at radius 1 is 1.19 bits per heavy atom. The van der Waals surface area contributed by atoms with E-state index < -0.39 is 0 Å². The number of carbonyl (C=O) groups excluding carboxylic acids is 1. The van der Waals surface area contributed by atoms with Crippen LogP contribution in [0, 0.1) is 6.92 Å². The van der Waals surface area contributed by atoms with Gasteiger partial charge in [0.15, 0.2) is 5.82 Å². The second-order valence-corrected chi connectivity index (χ2v) is 6.64. The van der Waals surface area contributed by atoms with Crippen LogP contribution >= 0.6 is 0 Å². The number of amides is 1. The summed E-state index contributed by atoms with van der Waals surface area (Å²) in [7, 11) is 0. The summed E-state index contributed by atoms with van der Waals surface area (Å²) in [6.45, 7) is 3.96. The first-order valence-electron chi connectivity index (χ1n) is 8.96. The Hall–Kier alpha value is -3.02. The quantitative estimate of drug-likeness (QED) is 0.770. The van der Waals surface area contributed by atoms with Gasteiger partial charge in [-0.25, -0.2) is 0 Å². The molecule has 132 valence electrons. The fourth-order valence-corrected chi connectivity index (χ4v) is 3.06. The van der Waals surface area contributed by atoms with Crippen molar-refractivity contribution in [3.05, 3.63) is 59.4 Å². The van der Waals surface area contributed by atoms with Gasteiger partial charge in [0.1, 0.15) is 0 Å². The third kappa shape index (κ3) is 3.10. The van der Waals surface area contributed by atoms with Gasteiger partial charge in [0, 0.05) is 18.0 Å². The molecular formula is C20H21N5O. The van der Waals surface area contributed by atoms with E-state index in [9.17, 15) is 4.79 Å². The molecule has 0 saturated heterocycles. The third-order valence-corrected chi connectivity index (χ3v) is 4.72. The number of benzene rings is 2. The van der Waals surface area contributed by atoms with Crippen LogP contribution in [0.5, 0.6) is 0 Å².